The number of anilines is 1. The Hall–Kier alpha value is -2.18. The van der Waals surface area contributed by atoms with E-state index in [2.05, 4.69) is 14.7 Å². The Bertz CT molecular complexity index is 398. The molecule has 1 aromatic heterocycles. The summed E-state index contributed by atoms with van der Waals surface area (Å²) in [6.45, 7) is 8.03. The molecule has 1 heterocycles. The molecule has 0 fully saturated rings. The Kier molecular flexibility index (Phi) is 7.10. The lowest BCUT2D eigenvalue weighted by atomic mass is 10.2. The molecule has 0 saturated carbocycles. The minimum absolute atomic E-state index is 0.161. The third-order valence-corrected chi connectivity index (χ3v) is 1.51. The molecular weight excluding hydrogens is 250 g/mol. The SMILES string of the molecule is CC(C)(C)OC(=O)c1cnc(N)cn1.CCOC=O. The van der Waals surface area contributed by atoms with Gasteiger partial charge < -0.3 is 15.2 Å². The highest BCUT2D eigenvalue weighted by atomic mass is 16.6. The van der Waals surface area contributed by atoms with Crippen LogP contribution in [0.25, 0.3) is 0 Å². The van der Waals surface area contributed by atoms with Crippen LogP contribution in [0.1, 0.15) is 38.2 Å². The van der Waals surface area contributed by atoms with E-state index in [0.717, 1.165) is 0 Å². The zero-order valence-electron chi connectivity index (χ0n) is 11.5. The summed E-state index contributed by atoms with van der Waals surface area (Å²) in [5, 5.41) is 0. The Morgan fingerprint density at radius 1 is 1.37 bits per heavy atom. The van der Waals surface area contributed by atoms with Gasteiger partial charge in [-0.15, -0.1) is 0 Å². The van der Waals surface area contributed by atoms with E-state index in [1.54, 1.807) is 27.7 Å². The van der Waals surface area contributed by atoms with Gasteiger partial charge in [-0.3, -0.25) is 4.79 Å². The monoisotopic (exact) mass is 269 g/mol. The Balaban J connectivity index is 0.000000555. The molecule has 0 unspecified atom stereocenters. The van der Waals surface area contributed by atoms with Crippen LogP contribution in [-0.4, -0.2) is 34.6 Å². The van der Waals surface area contributed by atoms with Gasteiger partial charge >= 0.3 is 5.97 Å². The minimum Gasteiger partial charge on any atom is -0.468 e. The molecule has 0 aliphatic carbocycles. The number of aromatic nitrogens is 2. The van der Waals surface area contributed by atoms with E-state index in [1.807, 2.05) is 0 Å². The summed E-state index contributed by atoms with van der Waals surface area (Å²) in [5.74, 6) is -0.220. The Labute approximate surface area is 112 Å². The van der Waals surface area contributed by atoms with Crippen molar-refractivity contribution in [1.82, 2.24) is 9.97 Å². The fourth-order valence-electron chi connectivity index (χ4n) is 0.842. The van der Waals surface area contributed by atoms with Crippen LogP contribution in [0.3, 0.4) is 0 Å². The maximum atomic E-state index is 11.4. The van der Waals surface area contributed by atoms with Crippen LogP contribution in [0.5, 0.6) is 0 Å². The van der Waals surface area contributed by atoms with Gasteiger partial charge in [0.15, 0.2) is 5.69 Å². The molecule has 2 N–H and O–H groups in total. The van der Waals surface area contributed by atoms with Crippen molar-refractivity contribution >= 4 is 18.3 Å². The molecule has 7 heteroatoms. The van der Waals surface area contributed by atoms with Crippen LogP contribution in [-0.2, 0) is 14.3 Å². The van der Waals surface area contributed by atoms with Gasteiger partial charge in [0.1, 0.15) is 11.4 Å². The van der Waals surface area contributed by atoms with E-state index in [-0.39, 0.29) is 11.5 Å². The predicted molar refractivity (Wildman–Crippen MR) is 69.3 cm³/mol. The van der Waals surface area contributed by atoms with Crippen molar-refractivity contribution in [2.24, 2.45) is 0 Å². The number of esters is 1. The molecule has 7 nitrogen and oxygen atoms in total. The van der Waals surface area contributed by atoms with Crippen LogP contribution < -0.4 is 5.73 Å². The van der Waals surface area contributed by atoms with Gasteiger partial charge in [-0.1, -0.05) is 0 Å². The smallest absolute Gasteiger partial charge is 0.359 e. The van der Waals surface area contributed by atoms with Gasteiger partial charge in [-0.05, 0) is 27.7 Å². The first-order valence-corrected chi connectivity index (χ1v) is 5.66. The number of carbonyl (C=O) groups is 2. The van der Waals surface area contributed by atoms with E-state index >= 15 is 0 Å². The molecule has 0 atom stereocenters. The summed E-state index contributed by atoms with van der Waals surface area (Å²) in [6, 6.07) is 0. The number of nitrogens with two attached hydrogens (primary N) is 1. The largest absolute Gasteiger partial charge is 0.468 e. The molecule has 0 radical (unpaired) electrons. The normalized spacial score (nSPS) is 9.89. The van der Waals surface area contributed by atoms with Crippen molar-refractivity contribution in [3.8, 4) is 0 Å². The summed E-state index contributed by atoms with van der Waals surface area (Å²) in [5.41, 5.74) is 4.96. The van der Waals surface area contributed by atoms with E-state index < -0.39 is 11.6 Å². The molecule has 0 amide bonds. The third kappa shape index (κ3) is 8.53. The number of carbonyl (C=O) groups excluding carboxylic acids is 2. The van der Waals surface area contributed by atoms with Crippen LogP contribution in [0, 0.1) is 0 Å². The van der Waals surface area contributed by atoms with Gasteiger partial charge in [-0.25, -0.2) is 14.8 Å². The lowest BCUT2D eigenvalue weighted by Gasteiger charge is -2.18. The molecule has 19 heavy (non-hydrogen) atoms. The molecule has 0 aliphatic heterocycles. The van der Waals surface area contributed by atoms with Crippen molar-refractivity contribution in [3.05, 3.63) is 18.1 Å². The van der Waals surface area contributed by atoms with Gasteiger partial charge in [0.25, 0.3) is 6.47 Å². The maximum absolute atomic E-state index is 11.4. The van der Waals surface area contributed by atoms with E-state index in [1.165, 1.54) is 12.4 Å². The average Bonchev–Trinajstić information content (AvgIpc) is 2.29. The number of nitrogens with zero attached hydrogens (tertiary/aromatic N) is 2. The zero-order chi connectivity index (χ0) is 14.9. The number of ether oxygens (including phenoxy) is 2. The first-order valence-electron chi connectivity index (χ1n) is 5.66. The molecule has 0 aliphatic rings. The van der Waals surface area contributed by atoms with E-state index in [4.69, 9.17) is 10.5 Å². The summed E-state index contributed by atoms with van der Waals surface area (Å²) in [7, 11) is 0. The second-order valence-electron chi connectivity index (χ2n) is 4.38. The molecule has 0 saturated heterocycles. The molecule has 0 spiro atoms. The van der Waals surface area contributed by atoms with Gasteiger partial charge in [0.05, 0.1) is 19.0 Å². The highest BCUT2D eigenvalue weighted by Crippen LogP contribution is 2.10. The number of hydrogen-bond donors (Lipinski definition) is 1. The van der Waals surface area contributed by atoms with Crippen LogP contribution in [0.4, 0.5) is 5.82 Å². The Morgan fingerprint density at radius 2 is 2.00 bits per heavy atom. The maximum Gasteiger partial charge on any atom is 0.359 e. The lowest BCUT2D eigenvalue weighted by molar-refractivity contribution is -0.128. The highest BCUT2D eigenvalue weighted by Gasteiger charge is 2.18. The van der Waals surface area contributed by atoms with Crippen LogP contribution in [0.2, 0.25) is 0 Å². The zero-order valence-corrected chi connectivity index (χ0v) is 11.5. The van der Waals surface area contributed by atoms with Gasteiger partial charge in [0, 0.05) is 0 Å². The molecule has 106 valence electrons. The fraction of sp³-hybridized carbons (Fsp3) is 0.500. The average molecular weight is 269 g/mol. The quantitative estimate of drug-likeness (QED) is 0.649. The lowest BCUT2D eigenvalue weighted by Crippen LogP contribution is -2.24. The van der Waals surface area contributed by atoms with Crippen molar-refractivity contribution < 1.29 is 19.1 Å². The first kappa shape index (κ1) is 16.8. The first-order chi connectivity index (χ1) is 8.80. The van der Waals surface area contributed by atoms with Gasteiger partial charge in [0.2, 0.25) is 0 Å². The second-order valence-corrected chi connectivity index (χ2v) is 4.38. The highest BCUT2D eigenvalue weighted by molar-refractivity contribution is 5.87. The number of hydrogen-bond acceptors (Lipinski definition) is 7. The number of nitrogen functional groups attached to an aromatic ring is 1. The van der Waals surface area contributed by atoms with Crippen molar-refractivity contribution in [2.45, 2.75) is 33.3 Å². The van der Waals surface area contributed by atoms with Crippen molar-refractivity contribution in [2.75, 3.05) is 12.3 Å². The molecule has 1 aromatic rings. The molecule has 0 aromatic carbocycles. The molecule has 0 bridgehead atoms. The standard InChI is InChI=1S/C9H13N3O2.C3H6O2/c1-9(2,3)14-8(13)6-4-12-7(10)5-11-6;1-2-5-3-4/h4-5H,1-3H3,(H2,10,12);3H,2H2,1H3. The van der Waals surface area contributed by atoms with Crippen molar-refractivity contribution in [3.63, 3.8) is 0 Å². The summed E-state index contributed by atoms with van der Waals surface area (Å²) in [4.78, 5) is 28.1. The topological polar surface area (TPSA) is 104 Å². The number of rotatable bonds is 3. The third-order valence-electron chi connectivity index (χ3n) is 1.51. The van der Waals surface area contributed by atoms with E-state index in [9.17, 15) is 9.59 Å². The summed E-state index contributed by atoms with van der Waals surface area (Å²) < 4.78 is 9.23. The van der Waals surface area contributed by atoms with Crippen LogP contribution in [0.15, 0.2) is 12.4 Å². The predicted octanol–water partition coefficient (Wildman–Crippen LogP) is 1.19. The minimum atomic E-state index is -0.528. The second kappa shape index (κ2) is 8.02. The summed E-state index contributed by atoms with van der Waals surface area (Å²) >= 11 is 0. The molecule has 1 rings (SSSR count). The van der Waals surface area contributed by atoms with Crippen LogP contribution >= 0.6 is 0 Å². The molecular formula is C12H19N3O4. The summed E-state index contributed by atoms with van der Waals surface area (Å²) in [6.07, 6.45) is 2.61. The fourth-order valence-corrected chi connectivity index (χ4v) is 0.842. The Morgan fingerprint density at radius 3 is 2.32 bits per heavy atom. The van der Waals surface area contributed by atoms with E-state index in [0.29, 0.717) is 13.1 Å². The van der Waals surface area contributed by atoms with Crippen molar-refractivity contribution in [1.29, 1.82) is 0 Å². The van der Waals surface area contributed by atoms with Gasteiger partial charge in [-0.2, -0.15) is 0 Å².